The zero-order chi connectivity index (χ0) is 22.5. The second-order valence-corrected chi connectivity index (χ2v) is 9.66. The van der Waals surface area contributed by atoms with Gasteiger partial charge in [0.15, 0.2) is 12.7 Å². The summed E-state index contributed by atoms with van der Waals surface area (Å²) in [6.07, 6.45) is -0.783. The zero-order valence-corrected chi connectivity index (χ0v) is 20.8. The van der Waals surface area contributed by atoms with Gasteiger partial charge in [0.2, 0.25) is 0 Å². The van der Waals surface area contributed by atoms with E-state index < -0.39 is 17.9 Å². The number of carbonyl (C=O) groups excluding carboxylic acids is 2. The molecule has 1 atom stereocenters. The average Bonchev–Trinajstić information content (AvgIpc) is 2.64. The summed E-state index contributed by atoms with van der Waals surface area (Å²) in [5, 5.41) is 0. The van der Waals surface area contributed by atoms with Crippen molar-refractivity contribution in [2.75, 3.05) is 6.61 Å². The summed E-state index contributed by atoms with van der Waals surface area (Å²) in [5.41, 5.74) is 6.76. The minimum Gasteiger partial charge on any atom is -0.482 e. The van der Waals surface area contributed by atoms with Crippen LogP contribution < -0.4 is 20.3 Å². The molecule has 0 aromatic heterocycles. The number of hydrogen-bond donors (Lipinski definition) is 2. The highest BCUT2D eigenvalue weighted by atomic mass is 79.9. The molecule has 2 aromatic rings. The third-order valence-corrected chi connectivity index (χ3v) is 5.32. The van der Waals surface area contributed by atoms with Crippen LogP contribution in [0.3, 0.4) is 0 Å². The smallest absolute Gasteiger partial charge is 0.279 e. The number of carbonyl (C=O) groups is 2. The predicted molar refractivity (Wildman–Crippen MR) is 124 cm³/mol. The molecule has 0 spiro atoms. The predicted octanol–water partition coefficient (Wildman–Crippen LogP) is 4.81. The molecular formula is C22H26Br2N2O4. The first-order valence-electron chi connectivity index (χ1n) is 9.41. The summed E-state index contributed by atoms with van der Waals surface area (Å²) in [5.74, 6) is 0.189. The molecular weight excluding hydrogens is 516 g/mol. The molecule has 0 aliphatic heterocycles. The van der Waals surface area contributed by atoms with Crippen molar-refractivity contribution in [2.45, 2.75) is 46.1 Å². The molecule has 6 nitrogen and oxygen atoms in total. The Balaban J connectivity index is 1.81. The average molecular weight is 542 g/mol. The molecule has 2 rings (SSSR count). The van der Waals surface area contributed by atoms with Crippen LogP contribution in [0.25, 0.3) is 0 Å². The summed E-state index contributed by atoms with van der Waals surface area (Å²) in [6, 6.07) is 11.3. The number of nitrogens with one attached hydrogen (secondary N) is 2. The van der Waals surface area contributed by atoms with Gasteiger partial charge in [-0.1, -0.05) is 48.8 Å². The monoisotopic (exact) mass is 540 g/mol. The van der Waals surface area contributed by atoms with Crippen LogP contribution in [0, 0.1) is 6.92 Å². The van der Waals surface area contributed by atoms with Crippen LogP contribution in [0.1, 0.15) is 38.8 Å². The highest BCUT2D eigenvalue weighted by Crippen LogP contribution is 2.32. The van der Waals surface area contributed by atoms with Crippen LogP contribution in [0.15, 0.2) is 45.3 Å². The number of benzene rings is 2. The van der Waals surface area contributed by atoms with Crippen molar-refractivity contribution in [3.05, 3.63) is 56.5 Å². The van der Waals surface area contributed by atoms with Crippen molar-refractivity contribution >= 4 is 43.7 Å². The van der Waals surface area contributed by atoms with Crippen molar-refractivity contribution in [2.24, 2.45) is 0 Å². The molecule has 1 unspecified atom stereocenters. The van der Waals surface area contributed by atoms with Gasteiger partial charge in [0.25, 0.3) is 11.8 Å². The summed E-state index contributed by atoms with van der Waals surface area (Å²) >= 11 is 6.80. The number of rotatable bonds is 6. The van der Waals surface area contributed by atoms with Gasteiger partial charge in [-0.3, -0.25) is 20.4 Å². The maximum absolute atomic E-state index is 12.2. The van der Waals surface area contributed by atoms with Gasteiger partial charge in [-0.25, -0.2) is 0 Å². The van der Waals surface area contributed by atoms with Crippen molar-refractivity contribution < 1.29 is 19.1 Å². The molecule has 0 heterocycles. The molecule has 0 bridgehead atoms. The van der Waals surface area contributed by atoms with E-state index >= 15 is 0 Å². The first-order valence-corrected chi connectivity index (χ1v) is 11.0. The van der Waals surface area contributed by atoms with Crippen LogP contribution >= 0.6 is 31.9 Å². The molecule has 2 amide bonds. The molecule has 0 aliphatic rings. The fourth-order valence-corrected chi connectivity index (χ4v) is 4.12. The molecule has 30 heavy (non-hydrogen) atoms. The Kier molecular flexibility index (Phi) is 8.32. The lowest BCUT2D eigenvalue weighted by Crippen LogP contribution is -2.48. The van der Waals surface area contributed by atoms with Crippen LogP contribution in [-0.4, -0.2) is 24.5 Å². The zero-order valence-electron chi connectivity index (χ0n) is 17.6. The van der Waals surface area contributed by atoms with Gasteiger partial charge in [-0.15, -0.1) is 0 Å². The number of hydrazine groups is 1. The van der Waals surface area contributed by atoms with E-state index in [1.165, 1.54) is 5.56 Å². The second kappa shape index (κ2) is 10.3. The first kappa shape index (κ1) is 24.2. The lowest BCUT2D eigenvalue weighted by molar-refractivity contribution is -0.133. The number of hydrogen-bond acceptors (Lipinski definition) is 4. The minimum absolute atomic E-state index is 0.0399. The van der Waals surface area contributed by atoms with Crippen molar-refractivity contribution in [1.82, 2.24) is 10.9 Å². The van der Waals surface area contributed by atoms with Gasteiger partial charge in [0, 0.05) is 4.47 Å². The van der Waals surface area contributed by atoms with Gasteiger partial charge in [0.05, 0.1) is 4.47 Å². The van der Waals surface area contributed by atoms with Crippen LogP contribution in [0.2, 0.25) is 0 Å². The van der Waals surface area contributed by atoms with E-state index in [9.17, 15) is 9.59 Å². The molecule has 0 radical (unpaired) electrons. The third-order valence-electron chi connectivity index (χ3n) is 4.27. The lowest BCUT2D eigenvalue weighted by atomic mass is 9.87. The number of halogens is 2. The second-order valence-electron chi connectivity index (χ2n) is 7.89. The standard InChI is InChI=1S/C22H26Br2N2O4/c1-13-10-16(23)11-18(24)20(13)29-12-19(27)25-26-21(28)14(2)30-17-8-6-15(7-9-17)22(3,4)5/h6-11,14H,12H2,1-5H3,(H,25,27)(H,26,28). The van der Waals surface area contributed by atoms with Crippen LogP contribution in [0.4, 0.5) is 0 Å². The van der Waals surface area contributed by atoms with Crippen molar-refractivity contribution in [1.29, 1.82) is 0 Å². The quantitative estimate of drug-likeness (QED) is 0.514. The Bertz CT molecular complexity index is 885. The topological polar surface area (TPSA) is 76.7 Å². The van der Waals surface area contributed by atoms with E-state index in [-0.39, 0.29) is 12.0 Å². The van der Waals surface area contributed by atoms with Gasteiger partial charge in [-0.2, -0.15) is 0 Å². The van der Waals surface area contributed by atoms with Gasteiger partial charge in [-0.05, 0) is 70.6 Å². The van der Waals surface area contributed by atoms with E-state index in [2.05, 4.69) is 63.5 Å². The summed E-state index contributed by atoms with van der Waals surface area (Å²) in [6.45, 7) is 9.62. The summed E-state index contributed by atoms with van der Waals surface area (Å²) < 4.78 is 12.8. The number of aryl methyl sites for hydroxylation is 1. The highest BCUT2D eigenvalue weighted by Gasteiger charge is 2.17. The Morgan fingerprint density at radius 3 is 2.27 bits per heavy atom. The van der Waals surface area contributed by atoms with E-state index in [4.69, 9.17) is 9.47 Å². The number of amides is 2. The normalized spacial score (nSPS) is 12.1. The van der Waals surface area contributed by atoms with Gasteiger partial charge < -0.3 is 9.47 Å². The Hall–Kier alpha value is -2.06. The largest absolute Gasteiger partial charge is 0.482 e. The lowest BCUT2D eigenvalue weighted by Gasteiger charge is -2.20. The molecule has 0 aliphatic carbocycles. The number of ether oxygens (including phenoxy) is 2. The molecule has 8 heteroatoms. The van der Waals surface area contributed by atoms with Crippen LogP contribution in [-0.2, 0) is 15.0 Å². The third kappa shape index (κ3) is 7.02. The van der Waals surface area contributed by atoms with E-state index in [0.29, 0.717) is 11.5 Å². The SMILES string of the molecule is Cc1cc(Br)cc(Br)c1OCC(=O)NNC(=O)C(C)Oc1ccc(C(C)(C)C)cc1. The maximum atomic E-state index is 12.2. The molecule has 162 valence electrons. The van der Waals surface area contributed by atoms with E-state index in [1.807, 2.05) is 43.3 Å². The van der Waals surface area contributed by atoms with Gasteiger partial charge in [0.1, 0.15) is 11.5 Å². The Labute approximate surface area is 193 Å². The van der Waals surface area contributed by atoms with Crippen molar-refractivity contribution in [3.63, 3.8) is 0 Å². The molecule has 0 saturated heterocycles. The Morgan fingerprint density at radius 2 is 1.70 bits per heavy atom. The maximum Gasteiger partial charge on any atom is 0.279 e. The minimum atomic E-state index is -0.783. The highest BCUT2D eigenvalue weighted by molar-refractivity contribution is 9.11. The summed E-state index contributed by atoms with van der Waals surface area (Å²) in [4.78, 5) is 24.2. The molecule has 2 N–H and O–H groups in total. The molecule has 2 aromatic carbocycles. The van der Waals surface area contributed by atoms with E-state index in [1.54, 1.807) is 6.92 Å². The fraction of sp³-hybridized carbons (Fsp3) is 0.364. The fourth-order valence-electron chi connectivity index (χ4n) is 2.57. The first-order chi connectivity index (χ1) is 14.0. The Morgan fingerprint density at radius 1 is 1.07 bits per heavy atom. The molecule has 0 saturated carbocycles. The molecule has 0 fully saturated rings. The summed E-state index contributed by atoms with van der Waals surface area (Å²) in [7, 11) is 0. The van der Waals surface area contributed by atoms with Crippen LogP contribution in [0.5, 0.6) is 11.5 Å². The van der Waals surface area contributed by atoms with Crippen molar-refractivity contribution in [3.8, 4) is 11.5 Å². The van der Waals surface area contributed by atoms with E-state index in [0.717, 1.165) is 14.5 Å². The van der Waals surface area contributed by atoms with Gasteiger partial charge >= 0.3 is 0 Å².